The van der Waals surface area contributed by atoms with Gasteiger partial charge in [-0.15, -0.1) is 10.2 Å². The van der Waals surface area contributed by atoms with Crippen LogP contribution in [0.15, 0.2) is 53.9 Å². The average molecular weight is 388 g/mol. The molecule has 1 aromatic carbocycles. The zero-order valence-electron chi connectivity index (χ0n) is 14.2. The van der Waals surface area contributed by atoms with Gasteiger partial charge in [-0.3, -0.25) is 9.78 Å². The summed E-state index contributed by atoms with van der Waals surface area (Å²) in [5.41, 5.74) is 1.56. The standard InChI is InChI=1S/C18H18ClN5OS/c1-2-11-24-17(13-7-9-20-10-8-13)22-23-18(24)26-12-16(25)21-15-6-4-3-5-14(15)19/h3-10H,2,11-12H2,1H3,(H,21,25). The highest BCUT2D eigenvalue weighted by Gasteiger charge is 2.15. The van der Waals surface area contributed by atoms with Gasteiger partial charge >= 0.3 is 0 Å². The number of pyridine rings is 1. The Balaban J connectivity index is 1.71. The molecule has 8 heteroatoms. The van der Waals surface area contributed by atoms with Crippen molar-refractivity contribution in [1.82, 2.24) is 19.7 Å². The molecule has 26 heavy (non-hydrogen) atoms. The summed E-state index contributed by atoms with van der Waals surface area (Å²) in [6, 6.07) is 11.0. The highest BCUT2D eigenvalue weighted by atomic mass is 35.5. The third kappa shape index (κ3) is 4.42. The van der Waals surface area contributed by atoms with Gasteiger partial charge in [0.2, 0.25) is 5.91 Å². The van der Waals surface area contributed by atoms with Crippen LogP contribution in [-0.2, 0) is 11.3 Å². The van der Waals surface area contributed by atoms with Gasteiger partial charge in [-0.2, -0.15) is 0 Å². The first-order valence-electron chi connectivity index (χ1n) is 8.19. The van der Waals surface area contributed by atoms with Crippen molar-refractivity contribution in [2.45, 2.75) is 25.0 Å². The molecule has 2 heterocycles. The number of amides is 1. The Morgan fingerprint density at radius 3 is 2.69 bits per heavy atom. The fraction of sp³-hybridized carbons (Fsp3) is 0.222. The maximum atomic E-state index is 12.2. The molecule has 0 aliphatic rings. The van der Waals surface area contributed by atoms with Gasteiger partial charge in [-0.25, -0.2) is 0 Å². The molecule has 0 bridgehead atoms. The van der Waals surface area contributed by atoms with E-state index in [1.807, 2.05) is 28.8 Å². The van der Waals surface area contributed by atoms with Crippen molar-refractivity contribution in [2.75, 3.05) is 11.1 Å². The molecule has 3 rings (SSSR count). The number of thioether (sulfide) groups is 1. The summed E-state index contributed by atoms with van der Waals surface area (Å²) in [6.07, 6.45) is 4.39. The molecule has 134 valence electrons. The molecule has 0 saturated heterocycles. The van der Waals surface area contributed by atoms with E-state index in [2.05, 4.69) is 27.4 Å². The molecule has 0 unspecified atom stereocenters. The van der Waals surface area contributed by atoms with E-state index in [0.29, 0.717) is 15.9 Å². The first kappa shape index (κ1) is 18.4. The monoisotopic (exact) mass is 387 g/mol. The summed E-state index contributed by atoms with van der Waals surface area (Å²) >= 11 is 7.42. The normalized spacial score (nSPS) is 10.7. The number of carbonyl (C=O) groups is 1. The molecule has 0 fully saturated rings. The highest BCUT2D eigenvalue weighted by molar-refractivity contribution is 7.99. The fourth-order valence-electron chi connectivity index (χ4n) is 2.41. The molecule has 1 N–H and O–H groups in total. The molecule has 1 amide bonds. The number of carbonyl (C=O) groups excluding carboxylic acids is 1. The molecule has 0 aliphatic heterocycles. The predicted octanol–water partition coefficient (Wildman–Crippen LogP) is 4.13. The number of benzene rings is 1. The lowest BCUT2D eigenvalue weighted by Crippen LogP contribution is -2.15. The van der Waals surface area contributed by atoms with Crippen LogP contribution in [0, 0.1) is 0 Å². The smallest absolute Gasteiger partial charge is 0.234 e. The summed E-state index contributed by atoms with van der Waals surface area (Å²) < 4.78 is 2.03. The van der Waals surface area contributed by atoms with E-state index in [1.165, 1.54) is 11.8 Å². The van der Waals surface area contributed by atoms with E-state index >= 15 is 0 Å². The minimum absolute atomic E-state index is 0.139. The van der Waals surface area contributed by atoms with Crippen LogP contribution in [0.3, 0.4) is 0 Å². The van der Waals surface area contributed by atoms with E-state index in [9.17, 15) is 4.79 Å². The number of anilines is 1. The van der Waals surface area contributed by atoms with E-state index in [0.717, 1.165) is 24.4 Å². The van der Waals surface area contributed by atoms with Crippen LogP contribution in [0.4, 0.5) is 5.69 Å². The number of para-hydroxylation sites is 1. The molecule has 0 aliphatic carbocycles. The van der Waals surface area contributed by atoms with Crippen LogP contribution in [0.25, 0.3) is 11.4 Å². The Kier molecular flexibility index (Phi) is 6.25. The van der Waals surface area contributed by atoms with Crippen molar-refractivity contribution in [3.8, 4) is 11.4 Å². The quantitative estimate of drug-likeness (QED) is 0.617. The number of halogens is 1. The number of nitrogens with one attached hydrogen (secondary N) is 1. The largest absolute Gasteiger partial charge is 0.324 e. The van der Waals surface area contributed by atoms with Crippen LogP contribution in [0.1, 0.15) is 13.3 Å². The topological polar surface area (TPSA) is 72.7 Å². The van der Waals surface area contributed by atoms with Gasteiger partial charge in [0.05, 0.1) is 16.5 Å². The summed E-state index contributed by atoms with van der Waals surface area (Å²) in [7, 11) is 0. The second kappa shape index (κ2) is 8.82. The van der Waals surface area contributed by atoms with Crippen LogP contribution in [0.2, 0.25) is 5.02 Å². The van der Waals surface area contributed by atoms with E-state index < -0.39 is 0 Å². The number of rotatable bonds is 7. The molecule has 2 aromatic heterocycles. The van der Waals surface area contributed by atoms with Crippen molar-refractivity contribution in [1.29, 1.82) is 0 Å². The molecule has 6 nitrogen and oxygen atoms in total. The molecular weight excluding hydrogens is 370 g/mol. The van der Waals surface area contributed by atoms with Crippen molar-refractivity contribution in [3.63, 3.8) is 0 Å². The summed E-state index contributed by atoms with van der Waals surface area (Å²) in [6.45, 7) is 2.87. The zero-order valence-corrected chi connectivity index (χ0v) is 15.8. The number of hydrogen-bond acceptors (Lipinski definition) is 5. The Bertz CT molecular complexity index is 884. The first-order chi connectivity index (χ1) is 12.7. The second-order valence-electron chi connectivity index (χ2n) is 5.51. The van der Waals surface area contributed by atoms with Gasteiger partial charge in [-0.1, -0.05) is 42.4 Å². The number of hydrogen-bond donors (Lipinski definition) is 1. The van der Waals surface area contributed by atoms with Crippen LogP contribution < -0.4 is 5.32 Å². The van der Waals surface area contributed by atoms with Crippen molar-refractivity contribution < 1.29 is 4.79 Å². The molecule has 3 aromatic rings. The molecule has 0 atom stereocenters. The minimum atomic E-state index is -0.139. The summed E-state index contributed by atoms with van der Waals surface area (Å²) in [5, 5.41) is 12.6. The lowest BCUT2D eigenvalue weighted by molar-refractivity contribution is -0.113. The Morgan fingerprint density at radius 1 is 1.19 bits per heavy atom. The highest BCUT2D eigenvalue weighted by Crippen LogP contribution is 2.25. The van der Waals surface area contributed by atoms with E-state index in [1.54, 1.807) is 24.5 Å². The molecular formula is C18H18ClN5OS. The summed E-state index contributed by atoms with van der Waals surface area (Å²) in [4.78, 5) is 16.3. The third-order valence-electron chi connectivity index (χ3n) is 3.58. The van der Waals surface area contributed by atoms with Crippen LogP contribution >= 0.6 is 23.4 Å². The van der Waals surface area contributed by atoms with Crippen LogP contribution in [-0.4, -0.2) is 31.4 Å². The maximum Gasteiger partial charge on any atom is 0.234 e. The summed E-state index contributed by atoms with van der Waals surface area (Å²) in [5.74, 6) is 0.867. The molecule has 0 radical (unpaired) electrons. The van der Waals surface area contributed by atoms with Crippen molar-refractivity contribution in [2.24, 2.45) is 0 Å². The Labute approximate surface area is 161 Å². The third-order valence-corrected chi connectivity index (χ3v) is 4.88. The predicted molar refractivity (Wildman–Crippen MR) is 104 cm³/mol. The SMILES string of the molecule is CCCn1c(SCC(=O)Nc2ccccc2Cl)nnc1-c1ccncc1. The first-order valence-corrected chi connectivity index (χ1v) is 9.56. The fourth-order valence-corrected chi connectivity index (χ4v) is 3.36. The zero-order chi connectivity index (χ0) is 18.4. The lowest BCUT2D eigenvalue weighted by Gasteiger charge is -2.09. The van der Waals surface area contributed by atoms with Crippen LogP contribution in [0.5, 0.6) is 0 Å². The van der Waals surface area contributed by atoms with Gasteiger partial charge in [0.25, 0.3) is 0 Å². The molecule has 0 spiro atoms. The number of nitrogens with zero attached hydrogens (tertiary/aromatic N) is 4. The maximum absolute atomic E-state index is 12.2. The molecule has 0 saturated carbocycles. The van der Waals surface area contributed by atoms with Gasteiger partial charge in [0.1, 0.15) is 0 Å². The van der Waals surface area contributed by atoms with E-state index in [-0.39, 0.29) is 11.7 Å². The number of aromatic nitrogens is 4. The Hall–Kier alpha value is -2.38. The van der Waals surface area contributed by atoms with Gasteiger partial charge in [0, 0.05) is 24.5 Å². The average Bonchev–Trinajstić information content (AvgIpc) is 3.06. The van der Waals surface area contributed by atoms with Gasteiger partial charge < -0.3 is 9.88 Å². The van der Waals surface area contributed by atoms with Gasteiger partial charge in [0.15, 0.2) is 11.0 Å². The van der Waals surface area contributed by atoms with Crippen molar-refractivity contribution >= 4 is 35.0 Å². The van der Waals surface area contributed by atoms with Gasteiger partial charge in [-0.05, 0) is 30.7 Å². The second-order valence-corrected chi connectivity index (χ2v) is 6.86. The Morgan fingerprint density at radius 2 is 1.96 bits per heavy atom. The minimum Gasteiger partial charge on any atom is -0.324 e. The lowest BCUT2D eigenvalue weighted by atomic mass is 10.2. The van der Waals surface area contributed by atoms with E-state index in [4.69, 9.17) is 11.6 Å². The van der Waals surface area contributed by atoms with Crippen molar-refractivity contribution in [3.05, 3.63) is 53.8 Å².